The molecular weight excluding hydrogens is 254 g/mol. The summed E-state index contributed by atoms with van der Waals surface area (Å²) in [6.07, 6.45) is 1.74. The van der Waals surface area contributed by atoms with Crippen molar-refractivity contribution >= 4 is 11.0 Å². The Hall–Kier alpha value is -2.56. The van der Waals surface area contributed by atoms with Crippen LogP contribution in [-0.4, -0.2) is 29.0 Å². The molecule has 0 fully saturated rings. The third-order valence-corrected chi connectivity index (χ3v) is 3.16. The Bertz CT molecular complexity index is 720. The lowest BCUT2D eigenvalue weighted by atomic mass is 10.2. The molecule has 2 aromatic heterocycles. The fraction of sp³-hybridized carbons (Fsp3) is 0.200. The van der Waals surface area contributed by atoms with Crippen molar-refractivity contribution in [2.45, 2.75) is 6.54 Å². The summed E-state index contributed by atoms with van der Waals surface area (Å²) in [7, 11) is 3.26. The molecule has 0 aliphatic rings. The first-order valence-corrected chi connectivity index (χ1v) is 6.30. The Labute approximate surface area is 116 Å². The van der Waals surface area contributed by atoms with Gasteiger partial charge in [-0.15, -0.1) is 5.10 Å². The quantitative estimate of drug-likeness (QED) is 0.730. The van der Waals surface area contributed by atoms with Crippen molar-refractivity contribution in [1.29, 1.82) is 0 Å². The van der Waals surface area contributed by atoms with Gasteiger partial charge in [0.05, 0.1) is 26.3 Å². The molecular formula is C15H15N3O2. The summed E-state index contributed by atoms with van der Waals surface area (Å²) in [5, 5.41) is 4.45. The summed E-state index contributed by atoms with van der Waals surface area (Å²) < 4.78 is 12.3. The number of ether oxygens (including phenoxy) is 2. The standard InChI is InChI=1S/C15H15N3O2/c1-19-12-7-5-11(6-8-12)10-18-13-4-3-9-16-14(13)15(17-18)20-2/h3-9H,10H2,1-2H3. The van der Waals surface area contributed by atoms with Gasteiger partial charge in [0, 0.05) is 6.20 Å². The third-order valence-electron chi connectivity index (χ3n) is 3.16. The Balaban J connectivity index is 1.97. The molecule has 20 heavy (non-hydrogen) atoms. The van der Waals surface area contributed by atoms with Gasteiger partial charge < -0.3 is 9.47 Å². The number of rotatable bonds is 4. The zero-order valence-electron chi connectivity index (χ0n) is 11.4. The van der Waals surface area contributed by atoms with Gasteiger partial charge in [-0.2, -0.15) is 0 Å². The van der Waals surface area contributed by atoms with Crippen molar-refractivity contribution < 1.29 is 9.47 Å². The zero-order valence-corrected chi connectivity index (χ0v) is 11.4. The monoisotopic (exact) mass is 269 g/mol. The van der Waals surface area contributed by atoms with Crippen molar-refractivity contribution in [3.63, 3.8) is 0 Å². The van der Waals surface area contributed by atoms with Crippen molar-refractivity contribution in [1.82, 2.24) is 14.8 Å². The van der Waals surface area contributed by atoms with Crippen molar-refractivity contribution in [3.8, 4) is 11.6 Å². The predicted molar refractivity (Wildman–Crippen MR) is 76.2 cm³/mol. The molecule has 0 unspecified atom stereocenters. The van der Waals surface area contributed by atoms with Crippen LogP contribution in [0.15, 0.2) is 42.6 Å². The molecule has 5 heteroatoms. The molecule has 5 nitrogen and oxygen atoms in total. The Kier molecular flexibility index (Phi) is 3.25. The number of methoxy groups -OCH3 is 2. The molecule has 0 atom stereocenters. The maximum atomic E-state index is 5.27. The first-order valence-electron chi connectivity index (χ1n) is 6.30. The van der Waals surface area contributed by atoms with Crippen LogP contribution in [0.1, 0.15) is 5.56 Å². The second-order valence-electron chi connectivity index (χ2n) is 4.39. The van der Waals surface area contributed by atoms with Gasteiger partial charge in [-0.1, -0.05) is 12.1 Å². The maximum absolute atomic E-state index is 5.27. The highest BCUT2D eigenvalue weighted by Crippen LogP contribution is 2.23. The molecule has 2 heterocycles. The van der Waals surface area contributed by atoms with Crippen molar-refractivity contribution in [2.24, 2.45) is 0 Å². The summed E-state index contributed by atoms with van der Waals surface area (Å²) in [6.45, 7) is 0.662. The van der Waals surface area contributed by atoms with Crippen LogP contribution in [-0.2, 0) is 6.54 Å². The number of nitrogens with zero attached hydrogens (tertiary/aromatic N) is 3. The molecule has 0 saturated heterocycles. The van der Waals surface area contributed by atoms with Gasteiger partial charge in [0.2, 0.25) is 0 Å². The van der Waals surface area contributed by atoms with Gasteiger partial charge in [-0.25, -0.2) is 4.98 Å². The summed E-state index contributed by atoms with van der Waals surface area (Å²) in [6, 6.07) is 11.8. The largest absolute Gasteiger partial charge is 0.497 e. The van der Waals surface area contributed by atoms with Gasteiger partial charge in [0.1, 0.15) is 5.75 Å². The fourth-order valence-electron chi connectivity index (χ4n) is 2.14. The average molecular weight is 269 g/mol. The number of hydrogen-bond acceptors (Lipinski definition) is 4. The van der Waals surface area contributed by atoms with Crippen LogP contribution in [0.3, 0.4) is 0 Å². The number of pyridine rings is 1. The SMILES string of the molecule is COc1ccc(Cn2nc(OC)c3ncccc32)cc1. The van der Waals surface area contributed by atoms with Crippen LogP contribution in [0.25, 0.3) is 11.0 Å². The van der Waals surface area contributed by atoms with Crippen LogP contribution in [0.5, 0.6) is 11.6 Å². The average Bonchev–Trinajstić information content (AvgIpc) is 2.86. The number of benzene rings is 1. The minimum absolute atomic E-state index is 0.550. The highest BCUT2D eigenvalue weighted by atomic mass is 16.5. The normalized spacial score (nSPS) is 10.7. The van der Waals surface area contributed by atoms with Gasteiger partial charge in [0.15, 0.2) is 5.52 Å². The second-order valence-corrected chi connectivity index (χ2v) is 4.39. The van der Waals surface area contributed by atoms with E-state index in [0.717, 1.165) is 22.3 Å². The molecule has 0 aliphatic heterocycles. The molecule has 3 rings (SSSR count). The van der Waals surface area contributed by atoms with Gasteiger partial charge in [-0.05, 0) is 29.8 Å². The molecule has 0 spiro atoms. The Morgan fingerprint density at radius 1 is 1.05 bits per heavy atom. The van der Waals surface area contributed by atoms with E-state index in [2.05, 4.69) is 10.1 Å². The van der Waals surface area contributed by atoms with E-state index in [9.17, 15) is 0 Å². The summed E-state index contributed by atoms with van der Waals surface area (Å²) in [4.78, 5) is 4.31. The van der Waals surface area contributed by atoms with Crippen LogP contribution in [0, 0.1) is 0 Å². The molecule has 3 aromatic rings. The van der Waals surface area contributed by atoms with E-state index < -0.39 is 0 Å². The van der Waals surface area contributed by atoms with Crippen molar-refractivity contribution in [2.75, 3.05) is 14.2 Å². The Morgan fingerprint density at radius 3 is 2.55 bits per heavy atom. The highest BCUT2D eigenvalue weighted by molar-refractivity contribution is 5.80. The van der Waals surface area contributed by atoms with E-state index in [4.69, 9.17) is 9.47 Å². The summed E-state index contributed by atoms with van der Waals surface area (Å²) >= 11 is 0. The first kappa shape index (κ1) is 12.5. The van der Waals surface area contributed by atoms with Gasteiger partial charge in [0.25, 0.3) is 5.88 Å². The highest BCUT2D eigenvalue weighted by Gasteiger charge is 2.11. The number of aromatic nitrogens is 3. The first-order chi connectivity index (χ1) is 9.81. The van der Waals surface area contributed by atoms with E-state index in [1.807, 2.05) is 41.1 Å². The molecule has 0 aliphatic carbocycles. The molecule has 0 amide bonds. The van der Waals surface area contributed by atoms with E-state index in [1.165, 1.54) is 0 Å². The fourth-order valence-corrected chi connectivity index (χ4v) is 2.14. The number of hydrogen-bond donors (Lipinski definition) is 0. The van der Waals surface area contributed by atoms with Crippen LogP contribution in [0.2, 0.25) is 0 Å². The van der Waals surface area contributed by atoms with Crippen LogP contribution in [0.4, 0.5) is 0 Å². The van der Waals surface area contributed by atoms with E-state index >= 15 is 0 Å². The zero-order chi connectivity index (χ0) is 13.9. The van der Waals surface area contributed by atoms with E-state index in [-0.39, 0.29) is 0 Å². The predicted octanol–water partition coefficient (Wildman–Crippen LogP) is 2.50. The molecule has 0 saturated carbocycles. The number of fused-ring (bicyclic) bond motifs is 1. The third kappa shape index (κ3) is 2.18. The van der Waals surface area contributed by atoms with Crippen molar-refractivity contribution in [3.05, 3.63) is 48.2 Å². The lowest BCUT2D eigenvalue weighted by molar-refractivity contribution is 0.393. The molecule has 102 valence electrons. The smallest absolute Gasteiger partial charge is 0.259 e. The van der Waals surface area contributed by atoms with Gasteiger partial charge in [-0.3, -0.25) is 4.68 Å². The maximum Gasteiger partial charge on any atom is 0.259 e. The molecule has 0 radical (unpaired) electrons. The molecule has 1 aromatic carbocycles. The second kappa shape index (κ2) is 5.21. The van der Waals surface area contributed by atoms with E-state index in [0.29, 0.717) is 12.4 Å². The van der Waals surface area contributed by atoms with Crippen LogP contribution >= 0.6 is 0 Å². The lowest BCUT2D eigenvalue weighted by Gasteiger charge is -2.04. The minimum atomic E-state index is 0.550. The summed E-state index contributed by atoms with van der Waals surface area (Å²) in [5.74, 6) is 1.40. The topological polar surface area (TPSA) is 49.2 Å². The minimum Gasteiger partial charge on any atom is -0.497 e. The Morgan fingerprint density at radius 2 is 1.85 bits per heavy atom. The molecule has 0 N–H and O–H groups in total. The van der Waals surface area contributed by atoms with Crippen LogP contribution < -0.4 is 9.47 Å². The van der Waals surface area contributed by atoms with Gasteiger partial charge >= 0.3 is 0 Å². The lowest BCUT2D eigenvalue weighted by Crippen LogP contribution is -2.01. The molecule has 0 bridgehead atoms. The summed E-state index contributed by atoms with van der Waals surface area (Å²) in [5.41, 5.74) is 2.88. The van der Waals surface area contributed by atoms with E-state index in [1.54, 1.807) is 20.4 Å².